The van der Waals surface area contributed by atoms with Crippen molar-refractivity contribution in [2.24, 2.45) is 0 Å². The zero-order valence-electron chi connectivity index (χ0n) is 9.29. The second kappa shape index (κ2) is 6.83. The molecule has 2 nitrogen and oxygen atoms in total. The van der Waals surface area contributed by atoms with E-state index in [-0.39, 0.29) is 0 Å². The molecule has 0 amide bonds. The molecule has 0 saturated carbocycles. The van der Waals surface area contributed by atoms with Crippen LogP contribution in [0.1, 0.15) is 25.5 Å². The van der Waals surface area contributed by atoms with Gasteiger partial charge in [-0.1, -0.05) is 23.7 Å². The smallest absolute Gasteiger partial charge is 0.0590 e. The van der Waals surface area contributed by atoms with Crippen molar-refractivity contribution in [3.05, 3.63) is 34.9 Å². The Bertz CT molecular complexity index is 273. The van der Waals surface area contributed by atoms with Gasteiger partial charge in [0.15, 0.2) is 0 Å². The van der Waals surface area contributed by atoms with Crippen LogP contribution in [0.2, 0.25) is 5.02 Å². The summed E-state index contributed by atoms with van der Waals surface area (Å²) in [5.41, 5.74) is 1.25. The molecule has 1 aromatic carbocycles. The quantitative estimate of drug-likeness (QED) is 0.755. The Labute approximate surface area is 96.6 Å². The van der Waals surface area contributed by atoms with Crippen molar-refractivity contribution in [3.63, 3.8) is 0 Å². The monoisotopic (exact) mass is 227 g/mol. The molecular formula is C12H18ClNO. The number of hydrogen-bond acceptors (Lipinski definition) is 2. The Balaban J connectivity index is 2.33. The molecule has 1 rings (SSSR count). The predicted molar refractivity (Wildman–Crippen MR) is 64.4 cm³/mol. The van der Waals surface area contributed by atoms with Crippen LogP contribution >= 0.6 is 11.6 Å². The first-order chi connectivity index (χ1) is 7.24. The Morgan fingerprint density at radius 3 is 2.60 bits per heavy atom. The van der Waals surface area contributed by atoms with Crippen LogP contribution in [0.4, 0.5) is 0 Å². The van der Waals surface area contributed by atoms with Crippen LogP contribution in [0, 0.1) is 0 Å². The molecule has 0 aromatic heterocycles. The van der Waals surface area contributed by atoms with Gasteiger partial charge in [0.2, 0.25) is 0 Å². The second-order valence-electron chi connectivity index (χ2n) is 3.42. The highest BCUT2D eigenvalue weighted by atomic mass is 35.5. The molecule has 0 radical (unpaired) electrons. The van der Waals surface area contributed by atoms with E-state index in [9.17, 15) is 0 Å². The van der Waals surface area contributed by atoms with Crippen LogP contribution in [0.15, 0.2) is 24.3 Å². The van der Waals surface area contributed by atoms with Crippen molar-refractivity contribution < 1.29 is 4.74 Å². The first-order valence-corrected chi connectivity index (χ1v) is 5.68. The van der Waals surface area contributed by atoms with E-state index in [4.69, 9.17) is 16.3 Å². The Morgan fingerprint density at radius 1 is 1.33 bits per heavy atom. The summed E-state index contributed by atoms with van der Waals surface area (Å²) in [6, 6.07) is 8.25. The molecule has 1 N–H and O–H groups in total. The third kappa shape index (κ3) is 4.65. The lowest BCUT2D eigenvalue weighted by atomic mass is 10.1. The van der Waals surface area contributed by atoms with Crippen molar-refractivity contribution in [3.8, 4) is 0 Å². The molecule has 84 valence electrons. The third-order valence-electron chi connectivity index (χ3n) is 2.27. The van der Waals surface area contributed by atoms with E-state index in [0.29, 0.717) is 6.04 Å². The molecule has 0 bridgehead atoms. The topological polar surface area (TPSA) is 21.3 Å². The molecule has 0 aliphatic rings. The summed E-state index contributed by atoms with van der Waals surface area (Å²) in [4.78, 5) is 0. The van der Waals surface area contributed by atoms with Crippen molar-refractivity contribution >= 4 is 11.6 Å². The summed E-state index contributed by atoms with van der Waals surface area (Å²) in [6.45, 7) is 6.54. The number of rotatable bonds is 6. The first kappa shape index (κ1) is 12.5. The minimum atomic E-state index is 0.336. The van der Waals surface area contributed by atoms with E-state index < -0.39 is 0 Å². The van der Waals surface area contributed by atoms with Crippen molar-refractivity contribution in [1.82, 2.24) is 5.32 Å². The highest BCUT2D eigenvalue weighted by molar-refractivity contribution is 6.30. The standard InChI is InChI=1S/C12H18ClNO/c1-3-15-9-8-14-10(2)11-4-6-12(13)7-5-11/h4-7,10,14H,3,8-9H2,1-2H3. The van der Waals surface area contributed by atoms with Crippen molar-refractivity contribution in [1.29, 1.82) is 0 Å². The molecule has 0 aliphatic carbocycles. The summed E-state index contributed by atoms with van der Waals surface area (Å²) < 4.78 is 5.26. The average molecular weight is 228 g/mol. The van der Waals surface area contributed by atoms with Gasteiger partial charge in [0, 0.05) is 24.2 Å². The molecule has 1 atom stereocenters. The summed E-state index contributed by atoms with van der Waals surface area (Å²) in [5, 5.41) is 4.16. The molecule has 0 heterocycles. The van der Waals surface area contributed by atoms with Crippen molar-refractivity contribution in [2.75, 3.05) is 19.8 Å². The van der Waals surface area contributed by atoms with Gasteiger partial charge in [-0.25, -0.2) is 0 Å². The molecule has 1 aromatic rings. The van der Waals surface area contributed by atoms with Crippen LogP contribution in [0.5, 0.6) is 0 Å². The lowest BCUT2D eigenvalue weighted by Gasteiger charge is -2.14. The molecule has 0 aliphatic heterocycles. The van der Waals surface area contributed by atoms with Crippen LogP contribution < -0.4 is 5.32 Å². The maximum atomic E-state index is 5.82. The molecule has 0 spiro atoms. The maximum absolute atomic E-state index is 5.82. The van der Waals surface area contributed by atoms with E-state index in [0.717, 1.165) is 24.8 Å². The molecular weight excluding hydrogens is 210 g/mol. The lowest BCUT2D eigenvalue weighted by Crippen LogP contribution is -2.23. The minimum absolute atomic E-state index is 0.336. The Morgan fingerprint density at radius 2 is 2.00 bits per heavy atom. The lowest BCUT2D eigenvalue weighted by molar-refractivity contribution is 0.147. The van der Waals surface area contributed by atoms with Gasteiger partial charge in [-0.2, -0.15) is 0 Å². The van der Waals surface area contributed by atoms with Gasteiger partial charge in [-0.15, -0.1) is 0 Å². The zero-order valence-corrected chi connectivity index (χ0v) is 10.1. The Kier molecular flexibility index (Phi) is 5.69. The van der Waals surface area contributed by atoms with Crippen LogP contribution in [0.3, 0.4) is 0 Å². The molecule has 0 fully saturated rings. The van der Waals surface area contributed by atoms with E-state index in [1.807, 2.05) is 31.2 Å². The van der Waals surface area contributed by atoms with Gasteiger partial charge in [-0.3, -0.25) is 0 Å². The fourth-order valence-corrected chi connectivity index (χ4v) is 1.49. The van der Waals surface area contributed by atoms with Crippen LogP contribution in [-0.2, 0) is 4.74 Å². The highest BCUT2D eigenvalue weighted by Crippen LogP contribution is 2.15. The highest BCUT2D eigenvalue weighted by Gasteiger charge is 2.03. The van der Waals surface area contributed by atoms with Gasteiger partial charge in [-0.05, 0) is 31.5 Å². The number of nitrogens with one attached hydrogen (secondary N) is 1. The minimum Gasteiger partial charge on any atom is -0.380 e. The molecule has 3 heteroatoms. The van der Waals surface area contributed by atoms with Gasteiger partial charge < -0.3 is 10.1 Å². The Hall–Kier alpha value is -0.570. The van der Waals surface area contributed by atoms with E-state index >= 15 is 0 Å². The number of halogens is 1. The fourth-order valence-electron chi connectivity index (χ4n) is 1.36. The number of benzene rings is 1. The van der Waals surface area contributed by atoms with Gasteiger partial charge >= 0.3 is 0 Å². The summed E-state index contributed by atoms with van der Waals surface area (Å²) in [6.07, 6.45) is 0. The second-order valence-corrected chi connectivity index (χ2v) is 3.86. The van der Waals surface area contributed by atoms with E-state index in [2.05, 4.69) is 12.2 Å². The van der Waals surface area contributed by atoms with Crippen molar-refractivity contribution in [2.45, 2.75) is 19.9 Å². The molecule has 0 saturated heterocycles. The number of ether oxygens (including phenoxy) is 1. The first-order valence-electron chi connectivity index (χ1n) is 5.30. The zero-order chi connectivity index (χ0) is 11.1. The van der Waals surface area contributed by atoms with Crippen LogP contribution in [-0.4, -0.2) is 19.8 Å². The van der Waals surface area contributed by atoms with Gasteiger partial charge in [0.25, 0.3) is 0 Å². The summed E-state index contributed by atoms with van der Waals surface area (Å²) in [7, 11) is 0. The average Bonchev–Trinajstić information content (AvgIpc) is 2.25. The predicted octanol–water partition coefficient (Wildman–Crippen LogP) is 3.03. The fraction of sp³-hybridized carbons (Fsp3) is 0.500. The summed E-state index contributed by atoms with van der Waals surface area (Å²) >= 11 is 5.82. The SMILES string of the molecule is CCOCCNC(C)c1ccc(Cl)cc1. The third-order valence-corrected chi connectivity index (χ3v) is 2.52. The molecule has 15 heavy (non-hydrogen) atoms. The maximum Gasteiger partial charge on any atom is 0.0590 e. The van der Waals surface area contributed by atoms with Gasteiger partial charge in [0.05, 0.1) is 6.61 Å². The normalized spacial score (nSPS) is 12.7. The van der Waals surface area contributed by atoms with Crippen LogP contribution in [0.25, 0.3) is 0 Å². The van der Waals surface area contributed by atoms with E-state index in [1.165, 1.54) is 5.56 Å². The van der Waals surface area contributed by atoms with Gasteiger partial charge in [0.1, 0.15) is 0 Å². The van der Waals surface area contributed by atoms with E-state index in [1.54, 1.807) is 0 Å². The molecule has 1 unspecified atom stereocenters. The largest absolute Gasteiger partial charge is 0.380 e. The summed E-state index contributed by atoms with van der Waals surface area (Å²) in [5.74, 6) is 0. The number of hydrogen-bond donors (Lipinski definition) is 1.